The van der Waals surface area contributed by atoms with Gasteiger partial charge in [0, 0.05) is 6.54 Å². The molecule has 0 radical (unpaired) electrons. The molecule has 100 valence electrons. The van der Waals surface area contributed by atoms with Gasteiger partial charge in [-0.05, 0) is 29.5 Å². The maximum atomic E-state index is 12.9. The van der Waals surface area contributed by atoms with Crippen LogP contribution in [0.25, 0.3) is 0 Å². The number of nitrogens with zero attached hydrogens (tertiary/aromatic N) is 1. The van der Waals surface area contributed by atoms with Crippen LogP contribution in [0.3, 0.4) is 0 Å². The Morgan fingerprint density at radius 1 is 0.900 bits per heavy atom. The van der Waals surface area contributed by atoms with Crippen LogP contribution < -0.4 is 0 Å². The summed E-state index contributed by atoms with van der Waals surface area (Å²) in [6, 6.07) is 18.9. The molecular formula is C18H17NO. The Labute approximate surface area is 119 Å². The van der Waals surface area contributed by atoms with E-state index in [9.17, 15) is 4.79 Å². The number of rotatable bonds is 1. The Morgan fingerprint density at radius 3 is 2.40 bits per heavy atom. The molecule has 2 aromatic rings. The standard InChI is InChI=1S/C18H17NO/c20-18-17(13-7-2-1-3-8-13)15-10-5-4-9-14(15)16-11-6-12-19(16)18/h1-5,7-10,16-17H,6,11-12H2. The molecule has 2 nitrogen and oxygen atoms in total. The third-order valence-electron chi connectivity index (χ3n) is 4.58. The first kappa shape index (κ1) is 11.7. The molecule has 2 aliphatic rings. The zero-order valence-corrected chi connectivity index (χ0v) is 11.3. The monoisotopic (exact) mass is 263 g/mol. The number of amides is 1. The molecule has 0 saturated carbocycles. The van der Waals surface area contributed by atoms with Crippen molar-refractivity contribution < 1.29 is 4.79 Å². The fourth-order valence-electron chi connectivity index (χ4n) is 3.70. The van der Waals surface area contributed by atoms with Crippen molar-refractivity contribution in [1.82, 2.24) is 4.90 Å². The highest BCUT2D eigenvalue weighted by molar-refractivity contribution is 5.90. The molecule has 20 heavy (non-hydrogen) atoms. The first-order chi connectivity index (χ1) is 9.86. The predicted molar refractivity (Wildman–Crippen MR) is 78.4 cm³/mol. The van der Waals surface area contributed by atoms with Gasteiger partial charge in [0.2, 0.25) is 5.91 Å². The third kappa shape index (κ3) is 1.61. The SMILES string of the molecule is O=C1C(c2ccccc2)c2ccccc2C2CCCN12. The summed E-state index contributed by atoms with van der Waals surface area (Å²) >= 11 is 0. The predicted octanol–water partition coefficient (Wildman–Crippen LogP) is 3.50. The highest BCUT2D eigenvalue weighted by atomic mass is 16.2. The quantitative estimate of drug-likeness (QED) is 0.771. The van der Waals surface area contributed by atoms with Gasteiger partial charge in [-0.1, -0.05) is 54.6 Å². The maximum Gasteiger partial charge on any atom is 0.235 e. The van der Waals surface area contributed by atoms with Crippen LogP contribution in [0, 0.1) is 0 Å². The van der Waals surface area contributed by atoms with Crippen LogP contribution in [0.15, 0.2) is 54.6 Å². The topological polar surface area (TPSA) is 20.3 Å². The normalized spacial score (nSPS) is 24.4. The van der Waals surface area contributed by atoms with Gasteiger partial charge in [0.25, 0.3) is 0 Å². The smallest absolute Gasteiger partial charge is 0.235 e. The molecule has 2 heteroatoms. The lowest BCUT2D eigenvalue weighted by atomic mass is 9.81. The molecule has 0 bridgehead atoms. The maximum absolute atomic E-state index is 12.9. The number of fused-ring (bicyclic) bond motifs is 3. The number of carbonyl (C=O) groups excluding carboxylic acids is 1. The Kier molecular flexibility index (Phi) is 2.62. The summed E-state index contributed by atoms with van der Waals surface area (Å²) in [5.41, 5.74) is 3.65. The fourth-order valence-corrected chi connectivity index (χ4v) is 3.70. The molecule has 0 aliphatic carbocycles. The van der Waals surface area contributed by atoms with E-state index in [2.05, 4.69) is 35.2 Å². The summed E-state index contributed by atoms with van der Waals surface area (Å²) in [5.74, 6) is 0.152. The molecule has 0 N–H and O–H groups in total. The van der Waals surface area contributed by atoms with Crippen molar-refractivity contribution in [3.8, 4) is 0 Å². The minimum absolute atomic E-state index is 0.123. The van der Waals surface area contributed by atoms with Crippen molar-refractivity contribution in [2.75, 3.05) is 6.54 Å². The molecule has 1 amide bonds. The summed E-state index contributed by atoms with van der Waals surface area (Å²) in [7, 11) is 0. The van der Waals surface area contributed by atoms with E-state index in [1.807, 2.05) is 24.3 Å². The molecule has 4 rings (SSSR count). The number of benzene rings is 2. The van der Waals surface area contributed by atoms with Gasteiger partial charge in [0.1, 0.15) is 0 Å². The minimum atomic E-state index is -0.123. The second-order valence-corrected chi connectivity index (χ2v) is 5.66. The molecular weight excluding hydrogens is 246 g/mol. The van der Waals surface area contributed by atoms with Gasteiger partial charge in [-0.3, -0.25) is 4.79 Å². The van der Waals surface area contributed by atoms with Gasteiger partial charge in [-0.15, -0.1) is 0 Å². The highest BCUT2D eigenvalue weighted by Gasteiger charge is 2.41. The Bertz CT molecular complexity index is 649. The molecule has 2 aliphatic heterocycles. The summed E-state index contributed by atoms with van der Waals surface area (Å²) in [6.07, 6.45) is 2.22. The third-order valence-corrected chi connectivity index (χ3v) is 4.58. The van der Waals surface area contributed by atoms with E-state index < -0.39 is 0 Å². The van der Waals surface area contributed by atoms with Crippen molar-refractivity contribution >= 4 is 5.91 Å². The molecule has 2 heterocycles. The van der Waals surface area contributed by atoms with Gasteiger partial charge in [0.15, 0.2) is 0 Å². The Hall–Kier alpha value is -2.09. The fraction of sp³-hybridized carbons (Fsp3) is 0.278. The van der Waals surface area contributed by atoms with E-state index in [1.165, 1.54) is 11.1 Å². The average molecular weight is 263 g/mol. The van der Waals surface area contributed by atoms with Crippen LogP contribution in [0.2, 0.25) is 0 Å². The van der Waals surface area contributed by atoms with Gasteiger partial charge in [-0.25, -0.2) is 0 Å². The molecule has 2 aromatic carbocycles. The minimum Gasteiger partial charge on any atom is -0.335 e. The van der Waals surface area contributed by atoms with Crippen LogP contribution in [0.1, 0.15) is 41.5 Å². The van der Waals surface area contributed by atoms with E-state index in [0.717, 1.165) is 24.9 Å². The van der Waals surface area contributed by atoms with Crippen molar-refractivity contribution in [2.45, 2.75) is 24.8 Å². The molecule has 1 saturated heterocycles. The number of hydrogen-bond donors (Lipinski definition) is 0. The van der Waals surface area contributed by atoms with Crippen LogP contribution in [-0.2, 0) is 4.79 Å². The van der Waals surface area contributed by atoms with E-state index in [-0.39, 0.29) is 11.8 Å². The van der Waals surface area contributed by atoms with Crippen molar-refractivity contribution in [3.63, 3.8) is 0 Å². The lowest BCUT2D eigenvalue weighted by Gasteiger charge is -2.37. The summed E-state index contributed by atoms with van der Waals surface area (Å²) < 4.78 is 0. The van der Waals surface area contributed by atoms with Gasteiger partial charge < -0.3 is 4.90 Å². The highest BCUT2D eigenvalue weighted by Crippen LogP contribution is 2.44. The van der Waals surface area contributed by atoms with Crippen LogP contribution in [0.5, 0.6) is 0 Å². The van der Waals surface area contributed by atoms with E-state index in [1.54, 1.807) is 0 Å². The zero-order chi connectivity index (χ0) is 13.5. The second kappa shape index (κ2) is 4.48. The summed E-state index contributed by atoms with van der Waals surface area (Å²) in [4.78, 5) is 15.0. The average Bonchev–Trinajstić information content (AvgIpc) is 2.99. The van der Waals surface area contributed by atoms with Crippen LogP contribution in [0.4, 0.5) is 0 Å². The van der Waals surface area contributed by atoms with Crippen molar-refractivity contribution in [1.29, 1.82) is 0 Å². The van der Waals surface area contributed by atoms with Crippen molar-refractivity contribution in [3.05, 3.63) is 71.3 Å². The van der Waals surface area contributed by atoms with Crippen molar-refractivity contribution in [2.24, 2.45) is 0 Å². The zero-order valence-electron chi connectivity index (χ0n) is 11.3. The Morgan fingerprint density at radius 2 is 1.60 bits per heavy atom. The molecule has 2 atom stereocenters. The van der Waals surface area contributed by atoms with Gasteiger partial charge in [0.05, 0.1) is 12.0 Å². The first-order valence-electron chi connectivity index (χ1n) is 7.30. The number of hydrogen-bond acceptors (Lipinski definition) is 1. The summed E-state index contributed by atoms with van der Waals surface area (Å²) in [6.45, 7) is 0.904. The van der Waals surface area contributed by atoms with E-state index in [4.69, 9.17) is 0 Å². The summed E-state index contributed by atoms with van der Waals surface area (Å²) in [5, 5.41) is 0. The van der Waals surface area contributed by atoms with E-state index in [0.29, 0.717) is 6.04 Å². The molecule has 1 fully saturated rings. The largest absolute Gasteiger partial charge is 0.335 e. The van der Waals surface area contributed by atoms with Crippen LogP contribution in [-0.4, -0.2) is 17.4 Å². The van der Waals surface area contributed by atoms with E-state index >= 15 is 0 Å². The van der Waals surface area contributed by atoms with Gasteiger partial charge in [-0.2, -0.15) is 0 Å². The molecule has 2 unspecified atom stereocenters. The Balaban J connectivity index is 1.91. The van der Waals surface area contributed by atoms with Crippen LogP contribution >= 0.6 is 0 Å². The molecule has 0 aromatic heterocycles. The lowest BCUT2D eigenvalue weighted by Crippen LogP contribution is -2.39. The molecule has 0 spiro atoms. The second-order valence-electron chi connectivity index (χ2n) is 5.66. The van der Waals surface area contributed by atoms with Gasteiger partial charge >= 0.3 is 0 Å². The lowest BCUT2D eigenvalue weighted by molar-refractivity contribution is -0.133. The number of carbonyl (C=O) groups is 1. The first-order valence-corrected chi connectivity index (χ1v) is 7.30.